The first-order chi connectivity index (χ1) is 16.6. The smallest absolute Gasteiger partial charge is 0.408 e. The fourth-order valence-corrected chi connectivity index (χ4v) is 5.09. The Kier molecular flexibility index (Phi) is 7.79. The lowest BCUT2D eigenvalue weighted by molar-refractivity contribution is -0.133. The molecule has 0 radical (unpaired) electrons. The summed E-state index contributed by atoms with van der Waals surface area (Å²) in [6, 6.07) is 6.82. The maximum Gasteiger partial charge on any atom is 0.408 e. The third kappa shape index (κ3) is 6.41. The van der Waals surface area contributed by atoms with Crippen molar-refractivity contribution in [2.75, 3.05) is 6.54 Å². The number of hydrogen-bond acceptors (Lipinski definition) is 5. The van der Waals surface area contributed by atoms with Gasteiger partial charge < -0.3 is 24.4 Å². The molecular weight excluding hydrogens is 472 g/mol. The number of carbonyl (C=O) groups is 2. The van der Waals surface area contributed by atoms with Gasteiger partial charge in [0, 0.05) is 30.1 Å². The molecule has 1 saturated heterocycles. The van der Waals surface area contributed by atoms with Crippen LogP contribution < -0.4 is 9.74 Å². The standard InChI is InChI=1S/C27H40N4O4Si/c1-26(2,3)34-25(33)30-23(24(32)31-13-9-10-19(31)16-28)14-18-17-29-22-12-11-20(15-21(18)22)35-36(7,8)27(4,5)6/h11-12,15,17,19,23,29H,9-10,13-14H2,1-8H3,(H,30,33). The molecule has 1 aliphatic heterocycles. The van der Waals surface area contributed by atoms with E-state index < -0.39 is 32.1 Å². The second kappa shape index (κ2) is 10.2. The number of amides is 2. The normalized spacial score (nSPS) is 17.5. The average molecular weight is 513 g/mol. The van der Waals surface area contributed by atoms with E-state index >= 15 is 0 Å². The molecular formula is C27H40N4O4Si. The van der Waals surface area contributed by atoms with E-state index in [1.54, 1.807) is 25.7 Å². The fourth-order valence-electron chi connectivity index (χ4n) is 4.07. The van der Waals surface area contributed by atoms with E-state index in [0.29, 0.717) is 13.0 Å². The Labute approximate surface area is 215 Å². The number of rotatable bonds is 6. The number of likely N-dealkylation sites (tertiary alicyclic amines) is 1. The van der Waals surface area contributed by atoms with Crippen molar-refractivity contribution in [2.24, 2.45) is 0 Å². The highest BCUT2D eigenvalue weighted by Gasteiger charge is 2.39. The van der Waals surface area contributed by atoms with Crippen LogP contribution in [0.15, 0.2) is 24.4 Å². The monoisotopic (exact) mass is 512 g/mol. The van der Waals surface area contributed by atoms with Crippen LogP contribution in [0, 0.1) is 11.3 Å². The second-order valence-electron chi connectivity index (χ2n) is 12.1. The van der Waals surface area contributed by atoms with Gasteiger partial charge in [0.25, 0.3) is 0 Å². The number of alkyl carbamates (subject to hydrolysis) is 1. The molecule has 1 fully saturated rings. The molecule has 2 aromatic rings. The van der Waals surface area contributed by atoms with Gasteiger partial charge in [-0.05, 0) is 75.5 Å². The van der Waals surface area contributed by atoms with Gasteiger partial charge in [0.15, 0.2) is 0 Å². The lowest BCUT2D eigenvalue weighted by Crippen LogP contribution is -2.51. The Morgan fingerprint density at radius 3 is 2.56 bits per heavy atom. The third-order valence-corrected chi connectivity index (χ3v) is 11.4. The quantitative estimate of drug-likeness (QED) is 0.497. The Bertz CT molecular complexity index is 1150. The van der Waals surface area contributed by atoms with Crippen molar-refractivity contribution in [3.63, 3.8) is 0 Å². The molecule has 196 valence electrons. The van der Waals surface area contributed by atoms with E-state index in [1.165, 1.54) is 0 Å². The fraction of sp³-hybridized carbons (Fsp3) is 0.593. The topological polar surface area (TPSA) is 107 Å². The summed E-state index contributed by atoms with van der Waals surface area (Å²) in [4.78, 5) is 31.0. The third-order valence-electron chi connectivity index (χ3n) is 7.02. The van der Waals surface area contributed by atoms with Gasteiger partial charge in [0.05, 0.1) is 6.07 Å². The van der Waals surface area contributed by atoms with E-state index in [0.717, 1.165) is 28.6 Å². The van der Waals surface area contributed by atoms with Crippen molar-refractivity contribution >= 4 is 31.2 Å². The van der Waals surface area contributed by atoms with Crippen LogP contribution in [-0.2, 0) is 16.0 Å². The number of benzene rings is 1. The Morgan fingerprint density at radius 2 is 1.94 bits per heavy atom. The average Bonchev–Trinajstić information content (AvgIpc) is 3.37. The summed E-state index contributed by atoms with van der Waals surface area (Å²) in [5, 5.41) is 13.3. The number of ether oxygens (including phenoxy) is 1. The number of aromatic nitrogens is 1. The van der Waals surface area contributed by atoms with Crippen LogP contribution in [0.2, 0.25) is 18.1 Å². The van der Waals surface area contributed by atoms with Crippen LogP contribution in [0.4, 0.5) is 4.79 Å². The lowest BCUT2D eigenvalue weighted by atomic mass is 10.0. The van der Waals surface area contributed by atoms with Crippen molar-refractivity contribution < 1.29 is 18.8 Å². The SMILES string of the molecule is CC(C)(C)OC(=O)NC(Cc1c[nH]c2ccc(O[Si](C)(C)C(C)(C)C)cc12)C(=O)N1CCCC1C#N. The zero-order valence-corrected chi connectivity index (χ0v) is 23.8. The molecule has 2 unspecified atom stereocenters. The van der Waals surface area contributed by atoms with Gasteiger partial charge in [-0.1, -0.05) is 20.8 Å². The van der Waals surface area contributed by atoms with Gasteiger partial charge in [0.2, 0.25) is 14.2 Å². The van der Waals surface area contributed by atoms with Crippen molar-refractivity contribution in [3.05, 3.63) is 30.0 Å². The zero-order valence-electron chi connectivity index (χ0n) is 22.8. The molecule has 1 aliphatic rings. The summed E-state index contributed by atoms with van der Waals surface area (Å²) < 4.78 is 11.9. The van der Waals surface area contributed by atoms with E-state index in [-0.39, 0.29) is 17.4 Å². The Balaban J connectivity index is 1.91. The molecule has 1 aromatic carbocycles. The number of aromatic amines is 1. The number of hydrogen-bond donors (Lipinski definition) is 2. The molecule has 1 aromatic heterocycles. The van der Waals surface area contributed by atoms with E-state index in [9.17, 15) is 14.9 Å². The van der Waals surface area contributed by atoms with Gasteiger partial charge in [-0.25, -0.2) is 4.79 Å². The molecule has 0 saturated carbocycles. The number of nitrogens with one attached hydrogen (secondary N) is 2. The minimum Gasteiger partial charge on any atom is -0.543 e. The van der Waals surface area contributed by atoms with Crippen LogP contribution in [0.25, 0.3) is 10.9 Å². The zero-order chi connectivity index (χ0) is 26.9. The Morgan fingerprint density at radius 1 is 1.25 bits per heavy atom. The number of fused-ring (bicyclic) bond motifs is 1. The maximum atomic E-state index is 13.5. The van der Waals surface area contributed by atoms with Crippen molar-refractivity contribution in [1.82, 2.24) is 15.2 Å². The molecule has 2 N–H and O–H groups in total. The first kappa shape index (κ1) is 27.6. The molecule has 36 heavy (non-hydrogen) atoms. The van der Waals surface area contributed by atoms with Crippen molar-refractivity contribution in [2.45, 2.75) is 96.6 Å². The molecule has 0 aliphatic carbocycles. The summed E-state index contributed by atoms with van der Waals surface area (Å²) in [6.45, 7) is 16.8. The predicted octanol–water partition coefficient (Wildman–Crippen LogP) is 5.50. The molecule has 3 rings (SSSR count). The maximum absolute atomic E-state index is 13.5. The lowest BCUT2D eigenvalue weighted by Gasteiger charge is -2.36. The van der Waals surface area contributed by atoms with Gasteiger partial charge in [-0.15, -0.1) is 0 Å². The van der Waals surface area contributed by atoms with E-state index in [2.05, 4.69) is 50.2 Å². The second-order valence-corrected chi connectivity index (χ2v) is 16.8. The summed E-state index contributed by atoms with van der Waals surface area (Å²) in [7, 11) is -2.03. The number of carbonyl (C=O) groups excluding carboxylic acids is 2. The summed E-state index contributed by atoms with van der Waals surface area (Å²) >= 11 is 0. The largest absolute Gasteiger partial charge is 0.543 e. The highest BCUT2D eigenvalue weighted by Crippen LogP contribution is 2.38. The first-order valence-electron chi connectivity index (χ1n) is 12.6. The molecule has 8 nitrogen and oxygen atoms in total. The van der Waals surface area contributed by atoms with Crippen LogP contribution in [0.3, 0.4) is 0 Å². The Hall–Kier alpha value is -2.99. The van der Waals surface area contributed by atoms with Crippen LogP contribution in [0.1, 0.15) is 59.9 Å². The number of nitriles is 1. The van der Waals surface area contributed by atoms with Crippen LogP contribution in [-0.4, -0.2) is 54.4 Å². The van der Waals surface area contributed by atoms with Gasteiger partial charge in [-0.2, -0.15) is 5.26 Å². The molecule has 0 spiro atoms. The van der Waals surface area contributed by atoms with E-state index in [4.69, 9.17) is 9.16 Å². The highest BCUT2D eigenvalue weighted by atomic mass is 28.4. The molecule has 2 heterocycles. The first-order valence-corrected chi connectivity index (χ1v) is 15.5. The van der Waals surface area contributed by atoms with Gasteiger partial charge >= 0.3 is 6.09 Å². The molecule has 9 heteroatoms. The van der Waals surface area contributed by atoms with Gasteiger partial charge in [-0.3, -0.25) is 4.79 Å². The number of nitrogens with zero attached hydrogens (tertiary/aromatic N) is 2. The van der Waals surface area contributed by atoms with Crippen LogP contribution >= 0.6 is 0 Å². The minimum atomic E-state index is -2.03. The van der Waals surface area contributed by atoms with Crippen molar-refractivity contribution in [1.29, 1.82) is 5.26 Å². The summed E-state index contributed by atoms with van der Waals surface area (Å²) in [5.41, 5.74) is 1.11. The summed E-state index contributed by atoms with van der Waals surface area (Å²) in [5.74, 6) is 0.523. The molecule has 2 amide bonds. The predicted molar refractivity (Wildman–Crippen MR) is 143 cm³/mol. The number of H-pyrrole nitrogens is 1. The summed E-state index contributed by atoms with van der Waals surface area (Å²) in [6.07, 6.45) is 2.88. The van der Waals surface area contributed by atoms with Gasteiger partial charge in [0.1, 0.15) is 23.4 Å². The molecule has 2 atom stereocenters. The van der Waals surface area contributed by atoms with Crippen LogP contribution in [0.5, 0.6) is 5.75 Å². The molecule has 0 bridgehead atoms. The van der Waals surface area contributed by atoms with Crippen molar-refractivity contribution in [3.8, 4) is 11.8 Å². The van der Waals surface area contributed by atoms with E-state index in [1.807, 2.05) is 24.4 Å². The minimum absolute atomic E-state index is 0.0603. The highest BCUT2D eigenvalue weighted by molar-refractivity contribution is 6.74.